The summed E-state index contributed by atoms with van der Waals surface area (Å²) in [6, 6.07) is 14.7. The van der Waals surface area contributed by atoms with Gasteiger partial charge in [-0.15, -0.1) is 0 Å². The third-order valence-electron chi connectivity index (χ3n) is 5.75. The van der Waals surface area contributed by atoms with E-state index in [9.17, 15) is 5.26 Å². The minimum Gasteiger partial charge on any atom is -0.490 e. The number of hydrogen-bond donors (Lipinski definition) is 1. The van der Waals surface area contributed by atoms with Crippen LogP contribution in [-0.2, 0) is 6.42 Å². The Bertz CT molecular complexity index is 1110. The van der Waals surface area contributed by atoms with Gasteiger partial charge in [-0.1, -0.05) is 30.3 Å². The van der Waals surface area contributed by atoms with Gasteiger partial charge in [0.05, 0.1) is 11.7 Å². The fourth-order valence-electron chi connectivity index (χ4n) is 4.06. The molecule has 1 aliphatic carbocycles. The van der Waals surface area contributed by atoms with Gasteiger partial charge in [-0.3, -0.25) is 0 Å². The minimum absolute atomic E-state index is 0.00763. The Balaban J connectivity index is 1.63. The standard InChI is InChI=1S/C25H28N4O2/c1-5-16(4)27-22-11-10-19-20(22)7-6-8-21(19)24-28-25(31-29-24)17-9-12-23(30-15(2)3)18(13-17)14-26/h6-9,12-13,15-16,22,27H,5,10-11H2,1-4H3/t16-,22-/m0/s1. The van der Waals surface area contributed by atoms with E-state index < -0.39 is 0 Å². The summed E-state index contributed by atoms with van der Waals surface area (Å²) in [5.41, 5.74) is 4.78. The zero-order valence-corrected chi connectivity index (χ0v) is 18.5. The van der Waals surface area contributed by atoms with Gasteiger partial charge in [0.15, 0.2) is 0 Å². The summed E-state index contributed by atoms with van der Waals surface area (Å²) < 4.78 is 11.3. The van der Waals surface area contributed by atoms with Gasteiger partial charge < -0.3 is 14.6 Å². The van der Waals surface area contributed by atoms with Crippen molar-refractivity contribution in [1.82, 2.24) is 15.5 Å². The molecule has 1 N–H and O–H groups in total. The number of benzene rings is 2. The van der Waals surface area contributed by atoms with Gasteiger partial charge in [-0.25, -0.2) is 0 Å². The van der Waals surface area contributed by atoms with Gasteiger partial charge in [0.2, 0.25) is 5.82 Å². The van der Waals surface area contributed by atoms with E-state index in [0.717, 1.165) is 24.8 Å². The Hall–Kier alpha value is -3.17. The van der Waals surface area contributed by atoms with E-state index in [-0.39, 0.29) is 6.10 Å². The van der Waals surface area contributed by atoms with Crippen molar-refractivity contribution in [2.75, 3.05) is 0 Å². The number of nitriles is 1. The van der Waals surface area contributed by atoms with Crippen molar-refractivity contribution in [3.05, 3.63) is 53.1 Å². The lowest BCUT2D eigenvalue weighted by atomic mass is 10.0. The van der Waals surface area contributed by atoms with Crippen molar-refractivity contribution >= 4 is 0 Å². The molecule has 0 amide bonds. The fourth-order valence-corrected chi connectivity index (χ4v) is 4.06. The second-order valence-corrected chi connectivity index (χ2v) is 8.35. The Morgan fingerprint density at radius 3 is 2.84 bits per heavy atom. The van der Waals surface area contributed by atoms with Gasteiger partial charge in [-0.05, 0) is 69.4 Å². The molecule has 1 aliphatic rings. The maximum absolute atomic E-state index is 9.49. The molecule has 6 heteroatoms. The SMILES string of the molecule is CC[C@H](C)N[C@H]1CCc2c(-c3noc(-c4ccc(OC(C)C)c(C#N)c4)n3)cccc21. The highest BCUT2D eigenvalue weighted by Gasteiger charge is 2.27. The van der Waals surface area contributed by atoms with E-state index in [4.69, 9.17) is 9.26 Å². The van der Waals surface area contributed by atoms with Crippen LogP contribution in [0.4, 0.5) is 0 Å². The van der Waals surface area contributed by atoms with Crippen molar-refractivity contribution in [2.24, 2.45) is 0 Å². The number of nitrogens with one attached hydrogen (secondary N) is 1. The van der Waals surface area contributed by atoms with E-state index in [1.54, 1.807) is 12.1 Å². The summed E-state index contributed by atoms with van der Waals surface area (Å²) in [6.45, 7) is 8.28. The van der Waals surface area contributed by atoms with Crippen molar-refractivity contribution < 1.29 is 9.26 Å². The maximum Gasteiger partial charge on any atom is 0.258 e. The second kappa shape index (κ2) is 8.91. The first-order chi connectivity index (χ1) is 15.0. The Kier molecular flexibility index (Phi) is 6.06. The zero-order chi connectivity index (χ0) is 22.0. The molecular formula is C25H28N4O2. The maximum atomic E-state index is 9.49. The first-order valence-electron chi connectivity index (χ1n) is 10.9. The van der Waals surface area contributed by atoms with Crippen LogP contribution in [0.3, 0.4) is 0 Å². The molecule has 2 aromatic carbocycles. The lowest BCUT2D eigenvalue weighted by molar-refractivity contribution is 0.241. The van der Waals surface area contributed by atoms with Crippen LogP contribution in [0.5, 0.6) is 5.75 Å². The normalized spacial score (nSPS) is 16.2. The van der Waals surface area contributed by atoms with E-state index in [2.05, 4.69) is 53.6 Å². The molecule has 0 saturated carbocycles. The molecule has 0 bridgehead atoms. The fraction of sp³-hybridized carbons (Fsp3) is 0.400. The molecule has 1 heterocycles. The van der Waals surface area contributed by atoms with Crippen molar-refractivity contribution in [2.45, 2.75) is 65.1 Å². The van der Waals surface area contributed by atoms with Crippen molar-refractivity contribution in [3.8, 4) is 34.7 Å². The molecule has 4 rings (SSSR count). The van der Waals surface area contributed by atoms with Crippen LogP contribution in [0.25, 0.3) is 22.8 Å². The summed E-state index contributed by atoms with van der Waals surface area (Å²) in [5.74, 6) is 1.53. The van der Waals surface area contributed by atoms with E-state index in [1.165, 1.54) is 11.1 Å². The molecule has 2 atom stereocenters. The number of fused-ring (bicyclic) bond motifs is 1. The average Bonchev–Trinajstić information content (AvgIpc) is 3.41. The van der Waals surface area contributed by atoms with Gasteiger partial charge in [0.25, 0.3) is 5.89 Å². The van der Waals surface area contributed by atoms with Gasteiger partial charge >= 0.3 is 0 Å². The predicted molar refractivity (Wildman–Crippen MR) is 120 cm³/mol. The van der Waals surface area contributed by atoms with Gasteiger partial charge in [0.1, 0.15) is 11.8 Å². The smallest absolute Gasteiger partial charge is 0.258 e. The molecule has 6 nitrogen and oxygen atoms in total. The molecule has 0 saturated heterocycles. The lowest BCUT2D eigenvalue weighted by Gasteiger charge is -2.19. The summed E-state index contributed by atoms with van der Waals surface area (Å²) in [4.78, 5) is 4.65. The number of ether oxygens (including phenoxy) is 1. The number of rotatable bonds is 7. The average molecular weight is 417 g/mol. The summed E-state index contributed by atoms with van der Waals surface area (Å²) in [5, 5.41) is 17.5. The summed E-state index contributed by atoms with van der Waals surface area (Å²) >= 11 is 0. The number of aromatic nitrogens is 2. The van der Waals surface area contributed by atoms with Gasteiger partial charge in [0, 0.05) is 23.2 Å². The topological polar surface area (TPSA) is 84.0 Å². The molecule has 1 aromatic heterocycles. The first-order valence-corrected chi connectivity index (χ1v) is 10.9. The van der Waals surface area contributed by atoms with Crippen LogP contribution < -0.4 is 10.1 Å². The zero-order valence-electron chi connectivity index (χ0n) is 18.5. The molecule has 0 radical (unpaired) electrons. The lowest BCUT2D eigenvalue weighted by Crippen LogP contribution is -2.28. The van der Waals surface area contributed by atoms with E-state index in [0.29, 0.717) is 40.7 Å². The highest BCUT2D eigenvalue weighted by molar-refractivity contribution is 5.67. The van der Waals surface area contributed by atoms with Crippen molar-refractivity contribution in [1.29, 1.82) is 5.26 Å². The van der Waals surface area contributed by atoms with Crippen molar-refractivity contribution in [3.63, 3.8) is 0 Å². The molecule has 3 aromatic rings. The van der Waals surface area contributed by atoms with E-state index in [1.807, 2.05) is 19.9 Å². The molecule has 0 spiro atoms. The van der Waals surface area contributed by atoms with Crippen LogP contribution in [0.15, 0.2) is 40.9 Å². The molecule has 160 valence electrons. The highest BCUT2D eigenvalue weighted by atomic mass is 16.5. The molecule has 0 fully saturated rings. The largest absolute Gasteiger partial charge is 0.490 e. The molecule has 0 unspecified atom stereocenters. The molecule has 31 heavy (non-hydrogen) atoms. The van der Waals surface area contributed by atoms with Crippen LogP contribution >= 0.6 is 0 Å². The Labute approximate surface area is 183 Å². The predicted octanol–water partition coefficient (Wildman–Crippen LogP) is 5.44. The Morgan fingerprint density at radius 2 is 2.10 bits per heavy atom. The van der Waals surface area contributed by atoms with E-state index >= 15 is 0 Å². The van der Waals surface area contributed by atoms with Crippen LogP contribution in [0, 0.1) is 11.3 Å². The summed E-state index contributed by atoms with van der Waals surface area (Å²) in [7, 11) is 0. The van der Waals surface area contributed by atoms with Gasteiger partial charge in [-0.2, -0.15) is 10.2 Å². The third kappa shape index (κ3) is 4.33. The monoisotopic (exact) mass is 416 g/mol. The van der Waals surface area contributed by atoms with Crippen LogP contribution in [-0.4, -0.2) is 22.3 Å². The minimum atomic E-state index is -0.00763. The molecule has 0 aliphatic heterocycles. The number of hydrogen-bond acceptors (Lipinski definition) is 6. The van der Waals surface area contributed by atoms with Crippen LogP contribution in [0.1, 0.15) is 63.3 Å². The second-order valence-electron chi connectivity index (χ2n) is 8.35. The third-order valence-corrected chi connectivity index (χ3v) is 5.75. The number of nitrogens with zero attached hydrogens (tertiary/aromatic N) is 3. The Morgan fingerprint density at radius 1 is 1.26 bits per heavy atom. The molecular weight excluding hydrogens is 388 g/mol. The highest BCUT2D eigenvalue weighted by Crippen LogP contribution is 2.38. The summed E-state index contributed by atoms with van der Waals surface area (Å²) in [6.07, 6.45) is 3.16. The first kappa shape index (κ1) is 21.1. The van der Waals surface area contributed by atoms with Crippen LogP contribution in [0.2, 0.25) is 0 Å². The quantitative estimate of drug-likeness (QED) is 0.552.